The number of rotatable bonds is 5. The van der Waals surface area contributed by atoms with Crippen LogP contribution in [0.2, 0.25) is 0 Å². The van der Waals surface area contributed by atoms with Crippen LogP contribution in [-0.2, 0) is 9.53 Å². The molecule has 3 nitrogen and oxygen atoms in total. The highest BCUT2D eigenvalue weighted by Crippen LogP contribution is 2.06. The van der Waals surface area contributed by atoms with Crippen molar-refractivity contribution in [2.24, 2.45) is 11.7 Å². The molecule has 0 saturated carbocycles. The largest absolute Gasteiger partial charge is 0.465 e. The van der Waals surface area contributed by atoms with E-state index in [-0.39, 0.29) is 11.9 Å². The predicted molar refractivity (Wildman–Crippen MR) is 48.7 cm³/mol. The molecule has 2 atom stereocenters. The van der Waals surface area contributed by atoms with Gasteiger partial charge in [0.1, 0.15) is 6.04 Å². The van der Waals surface area contributed by atoms with Crippen molar-refractivity contribution < 1.29 is 9.53 Å². The van der Waals surface area contributed by atoms with Crippen molar-refractivity contribution in [2.45, 2.75) is 39.7 Å². The molecule has 0 aliphatic carbocycles. The maximum Gasteiger partial charge on any atom is 0.323 e. The molecule has 12 heavy (non-hydrogen) atoms. The maximum atomic E-state index is 11.2. The van der Waals surface area contributed by atoms with Crippen LogP contribution in [0.4, 0.5) is 0 Å². The smallest absolute Gasteiger partial charge is 0.323 e. The lowest BCUT2D eigenvalue weighted by Gasteiger charge is -2.16. The Kier molecular flexibility index (Phi) is 5.72. The van der Waals surface area contributed by atoms with Gasteiger partial charge in [0.15, 0.2) is 0 Å². The zero-order valence-corrected chi connectivity index (χ0v) is 8.17. The Bertz CT molecular complexity index is 136. The molecule has 0 amide bonds. The van der Waals surface area contributed by atoms with Gasteiger partial charge in [0.05, 0.1) is 6.61 Å². The summed E-state index contributed by atoms with van der Waals surface area (Å²) >= 11 is 0. The molecule has 0 radical (unpaired) electrons. The van der Waals surface area contributed by atoms with E-state index in [1.165, 1.54) is 0 Å². The van der Waals surface area contributed by atoms with Gasteiger partial charge >= 0.3 is 5.97 Å². The fourth-order valence-corrected chi connectivity index (χ4v) is 0.785. The van der Waals surface area contributed by atoms with Crippen LogP contribution in [0.15, 0.2) is 0 Å². The Morgan fingerprint density at radius 1 is 1.50 bits per heavy atom. The van der Waals surface area contributed by atoms with Crippen molar-refractivity contribution in [1.82, 2.24) is 0 Å². The molecular formula is C9H19NO2. The molecule has 0 spiro atoms. The van der Waals surface area contributed by atoms with E-state index < -0.39 is 6.04 Å². The first kappa shape index (κ1) is 11.4. The predicted octanol–water partition coefficient (Wildman–Crippen LogP) is 1.31. The maximum absolute atomic E-state index is 11.2. The summed E-state index contributed by atoms with van der Waals surface area (Å²) in [5.41, 5.74) is 5.64. The first-order valence-electron chi connectivity index (χ1n) is 4.55. The number of hydrogen-bond acceptors (Lipinski definition) is 3. The lowest BCUT2D eigenvalue weighted by molar-refractivity contribution is -0.146. The van der Waals surface area contributed by atoms with Crippen LogP contribution in [0.3, 0.4) is 0 Å². The number of carbonyl (C=O) groups is 1. The number of hydrogen-bond donors (Lipinski definition) is 1. The fraction of sp³-hybridized carbons (Fsp3) is 0.889. The lowest BCUT2D eigenvalue weighted by atomic mass is 10.0. The molecule has 0 bridgehead atoms. The summed E-state index contributed by atoms with van der Waals surface area (Å²) in [6.45, 7) is 6.40. The van der Waals surface area contributed by atoms with Crippen LogP contribution in [0.5, 0.6) is 0 Å². The third kappa shape index (κ3) is 3.72. The van der Waals surface area contributed by atoms with Gasteiger partial charge in [0.2, 0.25) is 0 Å². The average Bonchev–Trinajstić information content (AvgIpc) is 2.11. The summed E-state index contributed by atoms with van der Waals surface area (Å²) in [5.74, 6) is -0.0689. The first-order valence-corrected chi connectivity index (χ1v) is 4.55. The van der Waals surface area contributed by atoms with Gasteiger partial charge in [-0.05, 0) is 12.3 Å². The van der Waals surface area contributed by atoms with Crippen LogP contribution >= 0.6 is 0 Å². The molecular weight excluding hydrogens is 154 g/mol. The highest BCUT2D eigenvalue weighted by atomic mass is 16.5. The summed E-state index contributed by atoms with van der Waals surface area (Å²) in [6, 6.07) is -0.457. The zero-order chi connectivity index (χ0) is 9.56. The van der Waals surface area contributed by atoms with Gasteiger partial charge in [-0.3, -0.25) is 4.79 Å². The molecule has 0 aliphatic rings. The second-order valence-corrected chi connectivity index (χ2v) is 3.08. The summed E-state index contributed by atoms with van der Waals surface area (Å²) in [7, 11) is 0. The molecule has 0 aliphatic heterocycles. The van der Waals surface area contributed by atoms with E-state index in [2.05, 4.69) is 0 Å². The van der Waals surface area contributed by atoms with Gasteiger partial charge in [-0.25, -0.2) is 0 Å². The Morgan fingerprint density at radius 2 is 2.08 bits per heavy atom. The molecule has 2 N–H and O–H groups in total. The number of esters is 1. The van der Waals surface area contributed by atoms with Gasteiger partial charge in [-0.15, -0.1) is 0 Å². The lowest BCUT2D eigenvalue weighted by Crippen LogP contribution is -2.38. The minimum Gasteiger partial charge on any atom is -0.465 e. The Balaban J connectivity index is 3.75. The van der Waals surface area contributed by atoms with E-state index in [0.29, 0.717) is 6.61 Å². The van der Waals surface area contributed by atoms with Crippen LogP contribution in [0.1, 0.15) is 33.6 Å². The molecule has 3 heteroatoms. The van der Waals surface area contributed by atoms with Crippen molar-refractivity contribution in [3.8, 4) is 0 Å². The minimum atomic E-state index is -0.457. The van der Waals surface area contributed by atoms with Gasteiger partial charge in [0.25, 0.3) is 0 Å². The number of ether oxygens (including phenoxy) is 1. The normalized spacial score (nSPS) is 15.3. The highest BCUT2D eigenvalue weighted by Gasteiger charge is 2.20. The van der Waals surface area contributed by atoms with Crippen molar-refractivity contribution >= 4 is 5.97 Å². The molecule has 72 valence electrons. The van der Waals surface area contributed by atoms with Gasteiger partial charge in [-0.2, -0.15) is 0 Å². The third-order valence-corrected chi connectivity index (χ3v) is 1.98. The second-order valence-electron chi connectivity index (χ2n) is 3.08. The van der Waals surface area contributed by atoms with Gasteiger partial charge in [0, 0.05) is 0 Å². The topological polar surface area (TPSA) is 52.3 Å². The van der Waals surface area contributed by atoms with E-state index >= 15 is 0 Å². The van der Waals surface area contributed by atoms with Crippen LogP contribution < -0.4 is 5.73 Å². The van der Waals surface area contributed by atoms with Crippen LogP contribution in [-0.4, -0.2) is 18.6 Å². The second kappa shape index (κ2) is 6.00. The molecule has 0 aromatic carbocycles. The fourth-order valence-electron chi connectivity index (χ4n) is 0.785. The molecule has 0 fully saturated rings. The number of nitrogens with two attached hydrogens (primary N) is 1. The molecule has 0 aromatic rings. The molecule has 2 unspecified atom stereocenters. The van der Waals surface area contributed by atoms with E-state index in [9.17, 15) is 4.79 Å². The Morgan fingerprint density at radius 3 is 2.50 bits per heavy atom. The van der Waals surface area contributed by atoms with Crippen molar-refractivity contribution in [3.63, 3.8) is 0 Å². The Hall–Kier alpha value is -0.570. The molecule has 0 rings (SSSR count). The molecule has 0 aromatic heterocycles. The van der Waals surface area contributed by atoms with Crippen LogP contribution in [0, 0.1) is 5.92 Å². The van der Waals surface area contributed by atoms with Gasteiger partial charge in [-0.1, -0.05) is 27.2 Å². The monoisotopic (exact) mass is 173 g/mol. The highest BCUT2D eigenvalue weighted by molar-refractivity contribution is 5.75. The van der Waals surface area contributed by atoms with Gasteiger partial charge < -0.3 is 10.5 Å². The Labute approximate surface area is 74.3 Å². The quantitative estimate of drug-likeness (QED) is 0.638. The van der Waals surface area contributed by atoms with Crippen LogP contribution in [0.25, 0.3) is 0 Å². The SMILES string of the molecule is CCCOC(=O)C(N)C(C)CC. The van der Waals surface area contributed by atoms with Crippen molar-refractivity contribution in [1.29, 1.82) is 0 Å². The minimum absolute atomic E-state index is 0.203. The van der Waals surface area contributed by atoms with E-state index in [4.69, 9.17) is 10.5 Å². The summed E-state index contributed by atoms with van der Waals surface area (Å²) < 4.78 is 4.91. The van der Waals surface area contributed by atoms with Crippen molar-refractivity contribution in [2.75, 3.05) is 6.61 Å². The summed E-state index contributed by atoms with van der Waals surface area (Å²) in [4.78, 5) is 11.2. The van der Waals surface area contributed by atoms with E-state index in [1.807, 2.05) is 20.8 Å². The van der Waals surface area contributed by atoms with E-state index in [0.717, 1.165) is 12.8 Å². The summed E-state index contributed by atoms with van der Waals surface area (Å²) in [6.07, 6.45) is 1.75. The zero-order valence-electron chi connectivity index (χ0n) is 8.17. The molecule has 0 heterocycles. The molecule has 0 saturated heterocycles. The average molecular weight is 173 g/mol. The van der Waals surface area contributed by atoms with E-state index in [1.54, 1.807) is 0 Å². The third-order valence-electron chi connectivity index (χ3n) is 1.98. The number of carbonyl (C=O) groups excluding carboxylic acids is 1. The summed E-state index contributed by atoms with van der Waals surface area (Å²) in [5, 5.41) is 0. The first-order chi connectivity index (χ1) is 5.63. The standard InChI is InChI=1S/C9H19NO2/c1-4-6-12-9(11)8(10)7(3)5-2/h7-8H,4-6,10H2,1-3H3. The van der Waals surface area contributed by atoms with Crippen molar-refractivity contribution in [3.05, 3.63) is 0 Å².